The number of alkyl halides is 3. The van der Waals surface area contributed by atoms with Gasteiger partial charge in [-0.15, -0.1) is 5.10 Å². The van der Waals surface area contributed by atoms with Crippen molar-refractivity contribution in [1.82, 2.24) is 30.1 Å². The van der Waals surface area contributed by atoms with Crippen LogP contribution in [0.5, 0.6) is 0 Å². The van der Waals surface area contributed by atoms with E-state index in [0.717, 1.165) is 44.9 Å². The second kappa shape index (κ2) is 8.87. The van der Waals surface area contributed by atoms with E-state index in [1.165, 1.54) is 12.1 Å². The summed E-state index contributed by atoms with van der Waals surface area (Å²) in [5.41, 5.74) is -2.33. The maximum Gasteiger partial charge on any atom is 0.435 e. The number of carbonyl (C=O) groups is 1. The topological polar surface area (TPSA) is 66.3 Å². The maximum absolute atomic E-state index is 13.6. The van der Waals surface area contributed by atoms with Crippen LogP contribution in [-0.4, -0.2) is 77.0 Å². The van der Waals surface area contributed by atoms with Gasteiger partial charge >= 0.3 is 6.18 Å². The van der Waals surface area contributed by atoms with Gasteiger partial charge in [-0.1, -0.05) is 11.3 Å². The molecule has 158 valence electrons. The van der Waals surface area contributed by atoms with Crippen LogP contribution in [0.1, 0.15) is 22.6 Å². The summed E-state index contributed by atoms with van der Waals surface area (Å²) in [7, 11) is 2.05. The number of hydrogen-bond acceptors (Lipinski definition) is 5. The first-order chi connectivity index (χ1) is 13.8. The monoisotopic (exact) mass is 414 g/mol. The molecule has 0 aliphatic carbocycles. The van der Waals surface area contributed by atoms with E-state index in [1.807, 2.05) is 7.05 Å². The lowest BCUT2D eigenvalue weighted by Gasteiger charge is -2.32. The van der Waals surface area contributed by atoms with Crippen LogP contribution in [0, 0.1) is 5.82 Å². The Morgan fingerprint density at radius 2 is 1.93 bits per heavy atom. The summed E-state index contributed by atoms with van der Waals surface area (Å²) in [5, 5.41) is 9.31. The third-order valence-electron chi connectivity index (χ3n) is 4.74. The fourth-order valence-electron chi connectivity index (χ4n) is 3.14. The van der Waals surface area contributed by atoms with Crippen LogP contribution in [0.4, 0.5) is 17.6 Å². The van der Waals surface area contributed by atoms with E-state index < -0.39 is 29.3 Å². The lowest BCUT2D eigenvalue weighted by molar-refractivity contribution is -0.143. The molecule has 2 aromatic rings. The van der Waals surface area contributed by atoms with Gasteiger partial charge in [0.15, 0.2) is 11.4 Å². The number of hydrogen-bond donors (Lipinski definition) is 1. The predicted octanol–water partition coefficient (Wildman–Crippen LogP) is 1.79. The van der Waals surface area contributed by atoms with Gasteiger partial charge in [0.25, 0.3) is 5.91 Å². The molecule has 0 bridgehead atoms. The number of likely N-dealkylation sites (N-methyl/N-ethyl adjacent to an activating group) is 1. The zero-order chi connectivity index (χ0) is 21.0. The third-order valence-corrected chi connectivity index (χ3v) is 4.74. The number of carbonyl (C=O) groups excluding carboxylic acids is 1. The Morgan fingerprint density at radius 3 is 2.59 bits per heavy atom. The van der Waals surface area contributed by atoms with Crippen LogP contribution in [0.25, 0.3) is 5.69 Å². The average Bonchev–Trinajstić information content (AvgIpc) is 3.12. The van der Waals surface area contributed by atoms with Crippen LogP contribution in [0.15, 0.2) is 24.3 Å². The number of halogens is 4. The fraction of sp³-hybridized carbons (Fsp3) is 0.500. The zero-order valence-corrected chi connectivity index (χ0v) is 15.9. The Morgan fingerprint density at radius 1 is 1.21 bits per heavy atom. The van der Waals surface area contributed by atoms with E-state index in [0.29, 0.717) is 11.1 Å². The normalized spacial score (nSPS) is 16.2. The molecular formula is C18H22F4N6O. The average molecular weight is 414 g/mol. The molecular weight excluding hydrogens is 392 g/mol. The molecule has 1 aliphatic rings. The molecule has 1 amide bonds. The molecule has 0 atom stereocenters. The van der Waals surface area contributed by atoms with Gasteiger partial charge in [0, 0.05) is 32.7 Å². The van der Waals surface area contributed by atoms with Crippen molar-refractivity contribution in [3.05, 3.63) is 41.5 Å². The lowest BCUT2D eigenvalue weighted by Crippen LogP contribution is -2.45. The minimum atomic E-state index is -4.89. The number of piperazine rings is 1. The van der Waals surface area contributed by atoms with Crippen molar-refractivity contribution in [3.8, 4) is 5.69 Å². The number of aromatic nitrogens is 3. The molecule has 1 N–H and O–H groups in total. The first-order valence-corrected chi connectivity index (χ1v) is 9.23. The van der Waals surface area contributed by atoms with Gasteiger partial charge in [-0.25, -0.2) is 9.07 Å². The van der Waals surface area contributed by atoms with Crippen molar-refractivity contribution in [2.75, 3.05) is 46.3 Å². The van der Waals surface area contributed by atoms with E-state index >= 15 is 0 Å². The van der Waals surface area contributed by atoms with Gasteiger partial charge in [-0.05, 0) is 38.2 Å². The number of nitrogens with zero attached hydrogens (tertiary/aromatic N) is 5. The molecule has 3 rings (SSSR count). The molecule has 0 spiro atoms. The van der Waals surface area contributed by atoms with Crippen LogP contribution in [0.2, 0.25) is 0 Å². The molecule has 1 fully saturated rings. The molecule has 0 radical (unpaired) electrons. The van der Waals surface area contributed by atoms with E-state index in [2.05, 4.69) is 25.4 Å². The van der Waals surface area contributed by atoms with Gasteiger partial charge < -0.3 is 15.1 Å². The lowest BCUT2D eigenvalue weighted by atomic mass is 10.2. The second-order valence-electron chi connectivity index (χ2n) is 6.93. The third kappa shape index (κ3) is 5.30. The standard InChI is InChI=1S/C18H22F4N6O/c1-26-8-10-27(11-9-26)7-3-6-23-17(29)15-16(18(20,21)22)28(25-24-15)14-5-2-4-13(19)12-14/h2,4-5,12H,3,6-11H2,1H3,(H,23,29). The van der Waals surface area contributed by atoms with E-state index in [9.17, 15) is 22.4 Å². The van der Waals surface area contributed by atoms with Crippen molar-refractivity contribution in [2.45, 2.75) is 12.6 Å². The van der Waals surface area contributed by atoms with Crippen LogP contribution < -0.4 is 5.32 Å². The largest absolute Gasteiger partial charge is 0.435 e. The highest BCUT2D eigenvalue weighted by atomic mass is 19.4. The molecule has 1 aromatic heterocycles. The number of benzene rings is 1. The first kappa shape index (κ1) is 21.2. The summed E-state index contributed by atoms with van der Waals surface area (Å²) in [6, 6.07) is 4.50. The summed E-state index contributed by atoms with van der Waals surface area (Å²) in [6.45, 7) is 4.73. The Bertz CT molecular complexity index is 845. The molecule has 0 saturated carbocycles. The van der Waals surface area contributed by atoms with Crippen molar-refractivity contribution in [1.29, 1.82) is 0 Å². The van der Waals surface area contributed by atoms with E-state index in [1.54, 1.807) is 0 Å². The summed E-state index contributed by atoms with van der Waals surface area (Å²) < 4.78 is 54.5. The number of nitrogens with one attached hydrogen (secondary N) is 1. The van der Waals surface area contributed by atoms with E-state index in [-0.39, 0.29) is 12.2 Å². The summed E-state index contributed by atoms with van der Waals surface area (Å²) >= 11 is 0. The Balaban J connectivity index is 1.66. The SMILES string of the molecule is CN1CCN(CCCNC(=O)c2nnn(-c3cccc(F)c3)c2C(F)(F)F)CC1. The Hall–Kier alpha value is -2.53. The molecule has 7 nitrogen and oxygen atoms in total. The second-order valence-corrected chi connectivity index (χ2v) is 6.93. The van der Waals surface area contributed by atoms with Gasteiger partial charge in [-0.2, -0.15) is 13.2 Å². The minimum absolute atomic E-state index is 0.168. The summed E-state index contributed by atoms with van der Waals surface area (Å²) in [5.74, 6) is -1.68. The fourth-order valence-corrected chi connectivity index (χ4v) is 3.14. The molecule has 11 heteroatoms. The molecule has 1 aromatic carbocycles. The quantitative estimate of drug-likeness (QED) is 0.577. The van der Waals surface area contributed by atoms with Crippen LogP contribution in [0.3, 0.4) is 0 Å². The molecule has 0 unspecified atom stereocenters. The molecule has 1 aliphatic heterocycles. The van der Waals surface area contributed by atoms with Gasteiger partial charge in [-0.3, -0.25) is 4.79 Å². The smallest absolute Gasteiger partial charge is 0.351 e. The Labute approximate surface area is 165 Å². The van der Waals surface area contributed by atoms with Crippen molar-refractivity contribution in [2.24, 2.45) is 0 Å². The van der Waals surface area contributed by atoms with E-state index in [4.69, 9.17) is 0 Å². The zero-order valence-electron chi connectivity index (χ0n) is 15.9. The summed E-state index contributed by atoms with van der Waals surface area (Å²) in [6.07, 6.45) is -4.28. The van der Waals surface area contributed by atoms with Crippen molar-refractivity contribution >= 4 is 5.91 Å². The first-order valence-electron chi connectivity index (χ1n) is 9.23. The van der Waals surface area contributed by atoms with Crippen molar-refractivity contribution < 1.29 is 22.4 Å². The van der Waals surface area contributed by atoms with Gasteiger partial charge in [0.2, 0.25) is 0 Å². The number of rotatable bonds is 6. The number of amides is 1. The maximum atomic E-state index is 13.6. The highest BCUT2D eigenvalue weighted by molar-refractivity contribution is 5.93. The predicted molar refractivity (Wildman–Crippen MR) is 97.2 cm³/mol. The molecule has 1 saturated heterocycles. The molecule has 29 heavy (non-hydrogen) atoms. The van der Waals surface area contributed by atoms with Crippen LogP contribution in [-0.2, 0) is 6.18 Å². The van der Waals surface area contributed by atoms with Crippen molar-refractivity contribution in [3.63, 3.8) is 0 Å². The minimum Gasteiger partial charge on any atom is -0.351 e. The highest BCUT2D eigenvalue weighted by Crippen LogP contribution is 2.32. The summed E-state index contributed by atoms with van der Waals surface area (Å²) in [4.78, 5) is 16.8. The van der Waals surface area contributed by atoms with Gasteiger partial charge in [0.1, 0.15) is 5.82 Å². The van der Waals surface area contributed by atoms with Gasteiger partial charge in [0.05, 0.1) is 5.69 Å². The Kier molecular flexibility index (Phi) is 6.48. The highest BCUT2D eigenvalue weighted by Gasteiger charge is 2.42. The molecule has 2 heterocycles. The van der Waals surface area contributed by atoms with Crippen LogP contribution >= 0.6 is 0 Å².